The zero-order valence-electron chi connectivity index (χ0n) is 12.9. The van der Waals surface area contributed by atoms with Gasteiger partial charge in [0.2, 0.25) is 0 Å². The Morgan fingerprint density at radius 3 is 2.58 bits per heavy atom. The molecule has 0 saturated carbocycles. The maximum atomic E-state index is 11.2. The van der Waals surface area contributed by atoms with Gasteiger partial charge in [0.25, 0.3) is 0 Å². The van der Waals surface area contributed by atoms with Crippen molar-refractivity contribution in [1.82, 2.24) is 10.2 Å². The van der Waals surface area contributed by atoms with E-state index < -0.39 is 9.84 Å². The van der Waals surface area contributed by atoms with Crippen molar-refractivity contribution in [2.45, 2.75) is 58.0 Å². The quantitative estimate of drug-likeness (QED) is 0.775. The molecule has 1 aliphatic heterocycles. The third-order valence-electron chi connectivity index (χ3n) is 4.32. The second kappa shape index (κ2) is 7.04. The van der Waals surface area contributed by atoms with Crippen molar-refractivity contribution in [2.24, 2.45) is 0 Å². The van der Waals surface area contributed by atoms with Gasteiger partial charge >= 0.3 is 0 Å². The van der Waals surface area contributed by atoms with Crippen LogP contribution >= 0.6 is 0 Å². The van der Waals surface area contributed by atoms with Gasteiger partial charge in [0, 0.05) is 30.9 Å². The molecule has 19 heavy (non-hydrogen) atoms. The van der Waals surface area contributed by atoms with Crippen LogP contribution in [0.4, 0.5) is 0 Å². The normalized spacial score (nSPS) is 29.6. The van der Waals surface area contributed by atoms with E-state index in [2.05, 4.69) is 31.0 Å². The largest absolute Gasteiger partial charge is 0.311 e. The summed E-state index contributed by atoms with van der Waals surface area (Å²) in [6.45, 7) is 9.64. The minimum atomic E-state index is -2.83. The van der Waals surface area contributed by atoms with E-state index in [9.17, 15) is 8.42 Å². The van der Waals surface area contributed by atoms with Gasteiger partial charge in [-0.1, -0.05) is 20.3 Å². The van der Waals surface area contributed by atoms with Crippen molar-refractivity contribution < 1.29 is 8.42 Å². The van der Waals surface area contributed by atoms with Crippen LogP contribution in [0.15, 0.2) is 0 Å². The molecule has 114 valence electrons. The molecule has 0 aliphatic carbocycles. The van der Waals surface area contributed by atoms with Gasteiger partial charge in [0.1, 0.15) is 9.84 Å². The van der Waals surface area contributed by atoms with Crippen molar-refractivity contribution in [3.8, 4) is 0 Å². The van der Waals surface area contributed by atoms with Crippen LogP contribution in [0.3, 0.4) is 0 Å². The Balaban J connectivity index is 2.57. The van der Waals surface area contributed by atoms with Crippen LogP contribution in [0.5, 0.6) is 0 Å². The highest BCUT2D eigenvalue weighted by Gasteiger charge is 2.35. The van der Waals surface area contributed by atoms with Crippen LogP contribution in [0.25, 0.3) is 0 Å². The summed E-state index contributed by atoms with van der Waals surface area (Å²) in [7, 11) is -2.83. The summed E-state index contributed by atoms with van der Waals surface area (Å²) in [5.74, 6) is 0.301. The molecule has 0 aromatic carbocycles. The lowest BCUT2D eigenvalue weighted by molar-refractivity contribution is 0.0472. The smallest absolute Gasteiger partial charge is 0.147 e. The SMILES string of the molecule is CCCC1CN(CCCS(C)(=O)=O)C(C)(CC)CN1. The average Bonchev–Trinajstić information content (AvgIpc) is 2.32. The Labute approximate surface area is 118 Å². The van der Waals surface area contributed by atoms with Crippen molar-refractivity contribution in [2.75, 3.05) is 31.6 Å². The van der Waals surface area contributed by atoms with E-state index in [4.69, 9.17) is 0 Å². The molecule has 0 aromatic rings. The molecule has 0 aromatic heterocycles. The molecular weight excluding hydrogens is 260 g/mol. The van der Waals surface area contributed by atoms with Gasteiger partial charge in [-0.05, 0) is 32.7 Å². The molecule has 0 bridgehead atoms. The van der Waals surface area contributed by atoms with Gasteiger partial charge < -0.3 is 5.32 Å². The lowest BCUT2D eigenvalue weighted by Gasteiger charge is -2.48. The number of rotatable bonds is 7. The topological polar surface area (TPSA) is 49.4 Å². The number of nitrogens with zero attached hydrogens (tertiary/aromatic N) is 1. The first kappa shape index (κ1) is 16.9. The molecule has 2 atom stereocenters. The maximum absolute atomic E-state index is 11.2. The Morgan fingerprint density at radius 2 is 2.05 bits per heavy atom. The molecule has 1 saturated heterocycles. The highest BCUT2D eigenvalue weighted by atomic mass is 32.2. The van der Waals surface area contributed by atoms with Crippen molar-refractivity contribution in [3.05, 3.63) is 0 Å². The highest BCUT2D eigenvalue weighted by molar-refractivity contribution is 7.90. The fraction of sp³-hybridized carbons (Fsp3) is 1.00. The van der Waals surface area contributed by atoms with E-state index >= 15 is 0 Å². The van der Waals surface area contributed by atoms with Crippen LogP contribution in [-0.4, -0.2) is 56.5 Å². The summed E-state index contributed by atoms with van der Waals surface area (Å²) in [6, 6.07) is 0.558. The highest BCUT2D eigenvalue weighted by Crippen LogP contribution is 2.24. The molecule has 4 nitrogen and oxygen atoms in total. The van der Waals surface area contributed by atoms with Crippen LogP contribution in [0.1, 0.15) is 46.5 Å². The lowest BCUT2D eigenvalue weighted by Crippen LogP contribution is -2.63. The molecule has 2 unspecified atom stereocenters. The third-order valence-corrected chi connectivity index (χ3v) is 5.35. The fourth-order valence-corrected chi connectivity index (χ4v) is 3.45. The zero-order valence-corrected chi connectivity index (χ0v) is 13.7. The van der Waals surface area contributed by atoms with Gasteiger partial charge in [0.15, 0.2) is 0 Å². The Kier molecular flexibility index (Phi) is 6.27. The summed E-state index contributed by atoms with van der Waals surface area (Å²) in [4.78, 5) is 2.50. The van der Waals surface area contributed by atoms with Crippen molar-refractivity contribution >= 4 is 9.84 Å². The molecule has 1 rings (SSSR count). The standard InChI is InChI=1S/C14H30N2O2S/c1-5-8-13-11-16(9-7-10-19(4,17)18)14(3,6-2)12-15-13/h13,15H,5-12H2,1-4H3. The Bertz CT molecular complexity index is 370. The molecule has 1 aliphatic rings. The average molecular weight is 290 g/mol. The second-order valence-corrected chi connectivity index (χ2v) is 8.41. The molecule has 1 fully saturated rings. The molecular formula is C14H30N2O2S. The molecule has 0 amide bonds. The number of hydrogen-bond acceptors (Lipinski definition) is 4. The predicted octanol–water partition coefficient (Wildman–Crippen LogP) is 1.66. The molecule has 0 spiro atoms. The van der Waals surface area contributed by atoms with E-state index in [1.807, 2.05) is 0 Å². The summed E-state index contributed by atoms with van der Waals surface area (Å²) in [6.07, 6.45) is 5.55. The van der Waals surface area contributed by atoms with Gasteiger partial charge in [-0.25, -0.2) is 8.42 Å². The summed E-state index contributed by atoms with van der Waals surface area (Å²) >= 11 is 0. The van der Waals surface area contributed by atoms with Crippen LogP contribution in [0.2, 0.25) is 0 Å². The lowest BCUT2D eigenvalue weighted by atomic mass is 9.91. The Morgan fingerprint density at radius 1 is 1.37 bits per heavy atom. The van der Waals surface area contributed by atoms with E-state index in [1.54, 1.807) is 0 Å². The molecule has 5 heteroatoms. The van der Waals surface area contributed by atoms with Crippen LogP contribution in [0, 0.1) is 0 Å². The zero-order chi connectivity index (χ0) is 14.5. The van der Waals surface area contributed by atoms with Gasteiger partial charge in [-0.3, -0.25) is 4.90 Å². The van der Waals surface area contributed by atoms with Crippen LogP contribution < -0.4 is 5.32 Å². The minimum absolute atomic E-state index is 0.168. The maximum Gasteiger partial charge on any atom is 0.147 e. The summed E-state index contributed by atoms with van der Waals surface area (Å²) in [5, 5.41) is 3.64. The Hall–Kier alpha value is -0.130. The number of nitrogens with one attached hydrogen (secondary N) is 1. The molecule has 0 radical (unpaired) electrons. The van der Waals surface area contributed by atoms with E-state index in [0.29, 0.717) is 11.8 Å². The van der Waals surface area contributed by atoms with Crippen LogP contribution in [-0.2, 0) is 9.84 Å². The van der Waals surface area contributed by atoms with Gasteiger partial charge in [-0.15, -0.1) is 0 Å². The monoisotopic (exact) mass is 290 g/mol. The second-order valence-electron chi connectivity index (χ2n) is 6.15. The first-order valence-corrected chi connectivity index (χ1v) is 9.53. The van der Waals surface area contributed by atoms with E-state index in [0.717, 1.165) is 32.5 Å². The first-order valence-electron chi connectivity index (χ1n) is 7.47. The van der Waals surface area contributed by atoms with E-state index in [1.165, 1.54) is 19.1 Å². The van der Waals surface area contributed by atoms with E-state index in [-0.39, 0.29) is 5.54 Å². The molecule has 1 N–H and O–H groups in total. The molecule has 1 heterocycles. The predicted molar refractivity (Wildman–Crippen MR) is 81.3 cm³/mol. The van der Waals surface area contributed by atoms with Crippen molar-refractivity contribution in [1.29, 1.82) is 0 Å². The number of hydrogen-bond donors (Lipinski definition) is 1. The summed E-state index contributed by atoms with van der Waals surface area (Å²) in [5.41, 5.74) is 0.168. The van der Waals surface area contributed by atoms with Gasteiger partial charge in [-0.2, -0.15) is 0 Å². The first-order chi connectivity index (χ1) is 8.80. The van der Waals surface area contributed by atoms with Gasteiger partial charge in [0.05, 0.1) is 5.75 Å². The fourth-order valence-electron chi connectivity index (χ4n) is 2.80. The minimum Gasteiger partial charge on any atom is -0.311 e. The number of sulfone groups is 1. The third kappa shape index (κ3) is 5.40. The summed E-state index contributed by atoms with van der Waals surface area (Å²) < 4.78 is 22.5. The van der Waals surface area contributed by atoms with Crippen molar-refractivity contribution in [3.63, 3.8) is 0 Å². The number of piperazine rings is 1.